The fourth-order valence-electron chi connectivity index (χ4n) is 0.934. The summed E-state index contributed by atoms with van der Waals surface area (Å²) in [6.45, 7) is 2.14. The molecule has 0 aromatic heterocycles. The fourth-order valence-corrected chi connectivity index (χ4v) is 1.55. The van der Waals surface area contributed by atoms with Crippen LogP contribution < -0.4 is 11.5 Å². The normalized spacial score (nSPS) is 10.1. The average molecular weight is 182 g/mol. The molecule has 0 heterocycles. The Balaban J connectivity index is 2.69. The molecule has 0 unspecified atom stereocenters. The lowest BCUT2D eigenvalue weighted by Gasteiger charge is -2.03. The summed E-state index contributed by atoms with van der Waals surface area (Å²) in [4.78, 5) is 0. The Labute approximate surface area is 77.3 Å². The van der Waals surface area contributed by atoms with Gasteiger partial charge < -0.3 is 11.5 Å². The lowest BCUT2D eigenvalue weighted by Crippen LogP contribution is -1.95. The van der Waals surface area contributed by atoms with Crippen molar-refractivity contribution in [2.45, 2.75) is 12.7 Å². The van der Waals surface area contributed by atoms with E-state index < -0.39 is 0 Å². The molecule has 0 aliphatic heterocycles. The van der Waals surface area contributed by atoms with Gasteiger partial charge in [-0.1, -0.05) is 13.0 Å². The van der Waals surface area contributed by atoms with Gasteiger partial charge in [-0.25, -0.2) is 0 Å². The predicted octanol–water partition coefficient (Wildman–Crippen LogP) is 2.10. The zero-order valence-electron chi connectivity index (χ0n) is 7.21. The highest BCUT2D eigenvalue weighted by atomic mass is 32.2. The minimum Gasteiger partial charge on any atom is -0.397 e. The van der Waals surface area contributed by atoms with Crippen molar-refractivity contribution in [2.24, 2.45) is 0 Å². The number of hydrogen-bond donors (Lipinski definition) is 2. The summed E-state index contributed by atoms with van der Waals surface area (Å²) in [6.07, 6.45) is 0. The summed E-state index contributed by atoms with van der Waals surface area (Å²) < 4.78 is 0. The lowest BCUT2D eigenvalue weighted by atomic mass is 10.2. The molecule has 1 aromatic carbocycles. The Kier molecular flexibility index (Phi) is 3.29. The van der Waals surface area contributed by atoms with Gasteiger partial charge in [-0.05, 0) is 23.4 Å². The third kappa shape index (κ3) is 2.34. The third-order valence-electron chi connectivity index (χ3n) is 1.62. The molecule has 2 nitrogen and oxygen atoms in total. The van der Waals surface area contributed by atoms with Crippen LogP contribution in [0.2, 0.25) is 0 Å². The van der Waals surface area contributed by atoms with Gasteiger partial charge >= 0.3 is 0 Å². The summed E-state index contributed by atoms with van der Waals surface area (Å²) in [5.74, 6) is 2.14. The first-order valence-corrected chi connectivity index (χ1v) is 5.11. The van der Waals surface area contributed by atoms with Crippen molar-refractivity contribution in [3.8, 4) is 0 Å². The van der Waals surface area contributed by atoms with Crippen LogP contribution in [0.3, 0.4) is 0 Å². The number of hydrogen-bond acceptors (Lipinski definition) is 3. The number of nitrogen functional groups attached to an aromatic ring is 2. The van der Waals surface area contributed by atoms with Gasteiger partial charge in [0.05, 0.1) is 11.4 Å². The summed E-state index contributed by atoms with van der Waals surface area (Å²) in [5, 5.41) is 0. The largest absolute Gasteiger partial charge is 0.397 e. The van der Waals surface area contributed by atoms with Crippen molar-refractivity contribution < 1.29 is 0 Å². The highest BCUT2D eigenvalue weighted by molar-refractivity contribution is 7.98. The van der Waals surface area contributed by atoms with Crippen LogP contribution >= 0.6 is 11.8 Å². The first-order chi connectivity index (χ1) is 5.74. The van der Waals surface area contributed by atoms with Crippen LogP contribution in [0.25, 0.3) is 0 Å². The quantitative estimate of drug-likeness (QED) is 0.704. The average Bonchev–Trinajstić information content (AvgIpc) is 2.07. The lowest BCUT2D eigenvalue weighted by molar-refractivity contribution is 1.40. The van der Waals surface area contributed by atoms with E-state index in [0.717, 1.165) is 11.5 Å². The van der Waals surface area contributed by atoms with E-state index in [4.69, 9.17) is 11.5 Å². The molecule has 1 rings (SSSR count). The Bertz CT molecular complexity index is 261. The van der Waals surface area contributed by atoms with Crippen molar-refractivity contribution >= 4 is 23.1 Å². The molecule has 0 radical (unpaired) electrons. The monoisotopic (exact) mass is 182 g/mol. The maximum Gasteiger partial charge on any atom is 0.0550 e. The molecule has 0 amide bonds. The van der Waals surface area contributed by atoms with Gasteiger partial charge in [-0.2, -0.15) is 11.8 Å². The molecule has 1 aromatic rings. The maximum absolute atomic E-state index is 5.66. The SMILES string of the molecule is CCSCc1ccc(N)c(N)c1. The van der Waals surface area contributed by atoms with Crippen molar-refractivity contribution in [3.05, 3.63) is 23.8 Å². The van der Waals surface area contributed by atoms with Gasteiger partial charge in [0.25, 0.3) is 0 Å². The van der Waals surface area contributed by atoms with Crippen molar-refractivity contribution in [2.75, 3.05) is 17.2 Å². The van der Waals surface area contributed by atoms with Crippen LogP contribution in [0.15, 0.2) is 18.2 Å². The van der Waals surface area contributed by atoms with Gasteiger partial charge in [0, 0.05) is 5.75 Å². The van der Waals surface area contributed by atoms with Crippen LogP contribution in [0.4, 0.5) is 11.4 Å². The van der Waals surface area contributed by atoms with Crippen LogP contribution in [-0.4, -0.2) is 5.75 Å². The third-order valence-corrected chi connectivity index (χ3v) is 2.57. The molecule has 0 fully saturated rings. The number of nitrogens with two attached hydrogens (primary N) is 2. The molecule has 3 heteroatoms. The fraction of sp³-hybridized carbons (Fsp3) is 0.333. The molecule has 0 saturated carbocycles. The Morgan fingerprint density at radius 3 is 2.58 bits per heavy atom. The predicted molar refractivity (Wildman–Crippen MR) is 57.1 cm³/mol. The molecule has 0 aliphatic rings. The van der Waals surface area contributed by atoms with E-state index >= 15 is 0 Å². The Hall–Kier alpha value is -0.830. The summed E-state index contributed by atoms with van der Waals surface area (Å²) in [5.41, 5.74) is 13.8. The number of anilines is 2. The van der Waals surface area contributed by atoms with E-state index in [0.29, 0.717) is 11.4 Å². The van der Waals surface area contributed by atoms with E-state index in [1.165, 1.54) is 5.56 Å². The molecule has 4 N–H and O–H groups in total. The van der Waals surface area contributed by atoms with Crippen molar-refractivity contribution in [1.29, 1.82) is 0 Å². The second-order valence-electron chi connectivity index (χ2n) is 2.60. The van der Waals surface area contributed by atoms with E-state index in [9.17, 15) is 0 Å². The van der Waals surface area contributed by atoms with Gasteiger partial charge in [0.1, 0.15) is 0 Å². The highest BCUT2D eigenvalue weighted by Crippen LogP contribution is 2.19. The van der Waals surface area contributed by atoms with Gasteiger partial charge in [-0.15, -0.1) is 0 Å². The molecule has 0 atom stereocenters. The molecular weight excluding hydrogens is 168 g/mol. The minimum atomic E-state index is 0.667. The smallest absolute Gasteiger partial charge is 0.0550 e. The first kappa shape index (κ1) is 9.26. The second-order valence-corrected chi connectivity index (χ2v) is 3.87. The molecule has 0 aliphatic carbocycles. The Morgan fingerprint density at radius 2 is 2.00 bits per heavy atom. The van der Waals surface area contributed by atoms with E-state index in [2.05, 4.69) is 6.92 Å². The van der Waals surface area contributed by atoms with Gasteiger partial charge in [0.2, 0.25) is 0 Å². The second kappa shape index (κ2) is 4.26. The standard InChI is InChI=1S/C9H14N2S/c1-2-12-6-7-3-4-8(10)9(11)5-7/h3-5H,2,6,10-11H2,1H3. The molecule has 12 heavy (non-hydrogen) atoms. The molecule has 66 valence electrons. The summed E-state index contributed by atoms with van der Waals surface area (Å²) >= 11 is 1.88. The first-order valence-electron chi connectivity index (χ1n) is 3.95. The zero-order valence-corrected chi connectivity index (χ0v) is 8.03. The minimum absolute atomic E-state index is 0.667. The van der Waals surface area contributed by atoms with E-state index in [1.807, 2.05) is 30.0 Å². The highest BCUT2D eigenvalue weighted by Gasteiger charge is 1.96. The molecule has 0 saturated heterocycles. The summed E-state index contributed by atoms with van der Waals surface area (Å²) in [7, 11) is 0. The van der Waals surface area contributed by atoms with Crippen LogP contribution in [0.5, 0.6) is 0 Å². The topological polar surface area (TPSA) is 52.0 Å². The zero-order chi connectivity index (χ0) is 8.97. The van der Waals surface area contributed by atoms with Crippen LogP contribution in [0.1, 0.15) is 12.5 Å². The number of thioether (sulfide) groups is 1. The number of benzene rings is 1. The molecule has 0 spiro atoms. The Morgan fingerprint density at radius 1 is 1.25 bits per heavy atom. The molecule has 0 bridgehead atoms. The van der Waals surface area contributed by atoms with Crippen LogP contribution in [0, 0.1) is 0 Å². The molecular formula is C9H14N2S. The maximum atomic E-state index is 5.66. The van der Waals surface area contributed by atoms with Crippen LogP contribution in [-0.2, 0) is 5.75 Å². The van der Waals surface area contributed by atoms with Gasteiger partial charge in [0.15, 0.2) is 0 Å². The van der Waals surface area contributed by atoms with E-state index in [-0.39, 0.29) is 0 Å². The van der Waals surface area contributed by atoms with E-state index in [1.54, 1.807) is 0 Å². The number of rotatable bonds is 3. The van der Waals surface area contributed by atoms with Gasteiger partial charge in [-0.3, -0.25) is 0 Å². The summed E-state index contributed by atoms with van der Waals surface area (Å²) in [6, 6.07) is 5.83. The van der Waals surface area contributed by atoms with Crippen molar-refractivity contribution in [3.63, 3.8) is 0 Å². The van der Waals surface area contributed by atoms with Crippen molar-refractivity contribution in [1.82, 2.24) is 0 Å².